The van der Waals surface area contributed by atoms with Gasteiger partial charge in [0, 0.05) is 51.4 Å². The van der Waals surface area contributed by atoms with Gasteiger partial charge < -0.3 is 30.0 Å². The summed E-state index contributed by atoms with van der Waals surface area (Å²) in [6, 6.07) is 5.72. The van der Waals surface area contributed by atoms with Gasteiger partial charge in [-0.15, -0.1) is 0 Å². The van der Waals surface area contributed by atoms with E-state index in [-0.39, 0.29) is 30.8 Å². The van der Waals surface area contributed by atoms with Crippen LogP contribution in [-0.2, 0) is 21.3 Å². The molecule has 1 aliphatic heterocycles. The molecule has 1 aliphatic carbocycles. The highest BCUT2D eigenvalue weighted by atomic mass is 35.5. The Morgan fingerprint density at radius 3 is 2.50 bits per heavy atom. The maximum absolute atomic E-state index is 13.0. The van der Waals surface area contributed by atoms with Crippen LogP contribution >= 0.6 is 11.6 Å². The van der Waals surface area contributed by atoms with Gasteiger partial charge in [0.2, 0.25) is 5.91 Å². The minimum atomic E-state index is -0.448. The number of aromatic nitrogens is 2. The third kappa shape index (κ3) is 10.7. The number of hydrogen-bond acceptors (Lipinski definition) is 7. The standard InChI is InChI=1S/C34H48ClN5O4.C3H7N/c1-6-10-26(8-3)44-34(42)40-17-15-39(16-18-40)30-19-24(7-2)11-9-12-28(29-20-25(35)13-14-27(29)30)33(37-32(41)22-43-5)31-21-36-23-38(31)4;1-2-3-4/h7,12-14,20-21,23,26,30,33H,6,8-11,15-19,22H2,1-5H3,(H,37,41);2-3H,4H2,1H3/b24-7-,28-12+;3-2-. The number of carbonyl (C=O) groups excluding carboxylic acids is 2. The molecule has 2 aliphatic rings. The summed E-state index contributed by atoms with van der Waals surface area (Å²) >= 11 is 6.68. The second-order valence-electron chi connectivity index (χ2n) is 12.2. The summed E-state index contributed by atoms with van der Waals surface area (Å²) in [7, 11) is 3.45. The number of fused-ring (bicyclic) bond motifs is 1. The number of aryl methyl sites for hydroxylation is 1. The second kappa shape index (κ2) is 20.0. The highest BCUT2D eigenvalue weighted by Gasteiger charge is 2.33. The highest BCUT2D eigenvalue weighted by Crippen LogP contribution is 2.42. The van der Waals surface area contributed by atoms with Crippen molar-refractivity contribution in [3.8, 4) is 0 Å². The zero-order chi connectivity index (χ0) is 35.1. The van der Waals surface area contributed by atoms with Crippen molar-refractivity contribution in [1.29, 1.82) is 0 Å². The molecule has 1 fully saturated rings. The Kier molecular flexibility index (Phi) is 16.2. The molecule has 48 heavy (non-hydrogen) atoms. The molecule has 4 rings (SSSR count). The first-order valence-electron chi connectivity index (χ1n) is 17.1. The van der Waals surface area contributed by atoms with Crippen molar-refractivity contribution in [3.63, 3.8) is 0 Å². The lowest BCUT2D eigenvalue weighted by Gasteiger charge is -2.40. The van der Waals surface area contributed by atoms with Crippen molar-refractivity contribution in [2.45, 2.75) is 84.4 Å². The average Bonchev–Trinajstić information content (AvgIpc) is 3.55. The average molecular weight is 683 g/mol. The van der Waals surface area contributed by atoms with Crippen molar-refractivity contribution < 1.29 is 19.1 Å². The Bertz CT molecular complexity index is 1410. The minimum Gasteiger partial charge on any atom is -0.446 e. The molecule has 1 aromatic heterocycles. The number of carbonyl (C=O) groups is 2. The monoisotopic (exact) mass is 682 g/mol. The summed E-state index contributed by atoms with van der Waals surface area (Å²) in [5.41, 5.74) is 10.2. The molecule has 0 saturated carbocycles. The number of allylic oxidation sites excluding steroid dienone is 3. The summed E-state index contributed by atoms with van der Waals surface area (Å²) in [5.74, 6) is -0.207. The van der Waals surface area contributed by atoms with Crippen LogP contribution < -0.4 is 11.1 Å². The molecular weight excluding hydrogens is 628 g/mol. The number of benzene rings is 1. The van der Waals surface area contributed by atoms with Crippen molar-refractivity contribution >= 4 is 29.2 Å². The van der Waals surface area contributed by atoms with Crippen molar-refractivity contribution in [2.75, 3.05) is 39.9 Å². The van der Waals surface area contributed by atoms with Gasteiger partial charge in [-0.05, 0) is 81.0 Å². The number of hydrogen-bond donors (Lipinski definition) is 2. The Labute approximate surface area is 292 Å². The lowest BCUT2D eigenvalue weighted by molar-refractivity contribution is -0.125. The van der Waals surface area contributed by atoms with Crippen molar-refractivity contribution in [3.05, 3.63) is 82.6 Å². The lowest BCUT2D eigenvalue weighted by atomic mass is 9.87. The molecule has 1 aromatic carbocycles. The fourth-order valence-corrected chi connectivity index (χ4v) is 6.48. The summed E-state index contributed by atoms with van der Waals surface area (Å²) in [6.45, 7) is 10.8. The molecule has 1 saturated heterocycles. The number of imidazole rings is 1. The van der Waals surface area contributed by atoms with Gasteiger partial charge in [-0.1, -0.05) is 61.7 Å². The van der Waals surface area contributed by atoms with Crippen LogP contribution in [0.1, 0.15) is 95.1 Å². The van der Waals surface area contributed by atoms with Crippen LogP contribution in [0.15, 0.2) is 60.7 Å². The second-order valence-corrected chi connectivity index (χ2v) is 12.6. The molecule has 0 bridgehead atoms. The number of nitrogens with two attached hydrogens (primary N) is 1. The number of nitrogens with one attached hydrogen (secondary N) is 1. The molecule has 2 heterocycles. The van der Waals surface area contributed by atoms with E-state index in [1.807, 2.05) is 35.6 Å². The van der Waals surface area contributed by atoms with Gasteiger partial charge in [0.15, 0.2) is 0 Å². The largest absolute Gasteiger partial charge is 0.446 e. The van der Waals surface area contributed by atoms with E-state index in [2.05, 4.69) is 54.2 Å². The van der Waals surface area contributed by atoms with E-state index < -0.39 is 6.04 Å². The highest BCUT2D eigenvalue weighted by molar-refractivity contribution is 6.30. The molecule has 2 amide bonds. The molecule has 3 unspecified atom stereocenters. The number of ether oxygens (including phenoxy) is 2. The fourth-order valence-electron chi connectivity index (χ4n) is 6.31. The maximum atomic E-state index is 13.0. The molecule has 2 aromatic rings. The normalized spacial score (nSPS) is 20.3. The number of nitrogens with zero attached hydrogens (tertiary/aromatic N) is 4. The van der Waals surface area contributed by atoms with E-state index in [1.165, 1.54) is 18.9 Å². The molecule has 3 N–H and O–H groups in total. The van der Waals surface area contributed by atoms with Crippen LogP contribution in [0.5, 0.6) is 0 Å². The SMILES string of the molecule is C/C=C1/CC/C=C(/C(NC(=O)COC)c2cncn2C)c2cc(Cl)ccc2C(N2CCN(C(=O)OC(CC)CCC)CC2)C1.C/C=C\N. The summed E-state index contributed by atoms with van der Waals surface area (Å²) in [5, 5.41) is 3.84. The van der Waals surface area contributed by atoms with Gasteiger partial charge in [0.25, 0.3) is 0 Å². The van der Waals surface area contributed by atoms with Gasteiger partial charge >= 0.3 is 6.09 Å². The molecule has 10 nitrogen and oxygen atoms in total. The maximum Gasteiger partial charge on any atom is 0.410 e. The molecule has 0 radical (unpaired) electrons. The number of rotatable bonds is 10. The van der Waals surface area contributed by atoms with E-state index in [4.69, 9.17) is 26.8 Å². The Morgan fingerprint density at radius 1 is 1.19 bits per heavy atom. The Hall–Kier alpha value is -3.60. The quantitative estimate of drug-likeness (QED) is 0.261. The topological polar surface area (TPSA) is 115 Å². The van der Waals surface area contributed by atoms with Crippen LogP contribution in [0, 0.1) is 0 Å². The van der Waals surface area contributed by atoms with Crippen LogP contribution in [0.25, 0.3) is 5.57 Å². The summed E-state index contributed by atoms with van der Waals surface area (Å²) < 4.78 is 12.9. The van der Waals surface area contributed by atoms with Crippen LogP contribution in [-0.4, -0.2) is 77.4 Å². The molecule has 11 heteroatoms. The predicted octanol–water partition coefficient (Wildman–Crippen LogP) is 6.94. The summed E-state index contributed by atoms with van der Waals surface area (Å²) in [6.07, 6.45) is 16.3. The van der Waals surface area contributed by atoms with Crippen LogP contribution in [0.4, 0.5) is 4.79 Å². The zero-order valence-electron chi connectivity index (χ0n) is 29.6. The van der Waals surface area contributed by atoms with Crippen molar-refractivity contribution in [2.24, 2.45) is 12.8 Å². The summed E-state index contributed by atoms with van der Waals surface area (Å²) in [4.78, 5) is 34.6. The van der Waals surface area contributed by atoms with Gasteiger partial charge in [-0.25, -0.2) is 9.78 Å². The first-order chi connectivity index (χ1) is 23.2. The van der Waals surface area contributed by atoms with Crippen molar-refractivity contribution in [1.82, 2.24) is 24.7 Å². The third-order valence-corrected chi connectivity index (χ3v) is 9.19. The fraction of sp³-hybridized carbons (Fsp3) is 0.541. The van der Waals surface area contributed by atoms with E-state index in [0.717, 1.165) is 74.0 Å². The smallest absolute Gasteiger partial charge is 0.410 e. The first-order valence-corrected chi connectivity index (χ1v) is 17.5. The first kappa shape index (κ1) is 38.8. The number of amides is 2. The molecule has 264 valence electrons. The van der Waals surface area contributed by atoms with Gasteiger partial charge in [-0.2, -0.15) is 0 Å². The third-order valence-electron chi connectivity index (χ3n) is 8.96. The van der Waals surface area contributed by atoms with Crippen LogP contribution in [0.3, 0.4) is 0 Å². The zero-order valence-corrected chi connectivity index (χ0v) is 30.3. The molecular formula is C37H55ClN6O4. The lowest BCUT2D eigenvalue weighted by Crippen LogP contribution is -2.50. The Morgan fingerprint density at radius 2 is 1.92 bits per heavy atom. The van der Waals surface area contributed by atoms with Crippen LogP contribution in [0.2, 0.25) is 5.02 Å². The van der Waals surface area contributed by atoms with Gasteiger partial charge in [0.1, 0.15) is 12.7 Å². The van der Waals surface area contributed by atoms with Gasteiger partial charge in [0.05, 0.1) is 24.3 Å². The molecule has 0 spiro atoms. The van der Waals surface area contributed by atoms with E-state index in [9.17, 15) is 9.59 Å². The van der Waals surface area contributed by atoms with E-state index in [0.29, 0.717) is 18.1 Å². The van der Waals surface area contributed by atoms with E-state index >= 15 is 0 Å². The number of methoxy groups -OCH3 is 1. The molecule has 3 atom stereocenters. The van der Waals surface area contributed by atoms with Gasteiger partial charge in [-0.3, -0.25) is 9.69 Å². The minimum absolute atomic E-state index is 0.0317. The number of piperazine rings is 1. The number of halogens is 1. The van der Waals surface area contributed by atoms with E-state index in [1.54, 1.807) is 18.6 Å². The predicted molar refractivity (Wildman–Crippen MR) is 193 cm³/mol. The Balaban J connectivity index is 0.00000148.